The average molecular weight is 149 g/mol. The van der Waals surface area contributed by atoms with E-state index in [0.717, 1.165) is 5.56 Å². The van der Waals surface area contributed by atoms with Gasteiger partial charge in [0.25, 0.3) is 0 Å². The zero-order chi connectivity index (χ0) is 8.27. The highest BCUT2D eigenvalue weighted by Crippen LogP contribution is 2.12. The molecule has 0 radical (unpaired) electrons. The van der Waals surface area contributed by atoms with Gasteiger partial charge in [0.15, 0.2) is 0 Å². The third kappa shape index (κ3) is 1.88. The Kier molecular flexibility index (Phi) is 2.39. The molecule has 1 aromatic carbocycles. The van der Waals surface area contributed by atoms with E-state index in [-0.39, 0.29) is 5.71 Å². The Labute approximate surface area is 66.0 Å². The van der Waals surface area contributed by atoms with E-state index >= 15 is 0 Å². The number of aliphatic hydroxyl groups excluding tert-OH is 1. The Balaban J connectivity index is 2.85. The van der Waals surface area contributed by atoms with Crippen LogP contribution in [0.2, 0.25) is 0 Å². The first-order valence-electron chi connectivity index (χ1n) is 3.50. The van der Waals surface area contributed by atoms with E-state index in [4.69, 9.17) is 5.41 Å². The minimum absolute atomic E-state index is 0.274. The van der Waals surface area contributed by atoms with Gasteiger partial charge in [-0.15, -0.1) is 0 Å². The van der Waals surface area contributed by atoms with Crippen molar-refractivity contribution in [1.29, 1.82) is 5.41 Å². The number of benzene rings is 1. The van der Waals surface area contributed by atoms with Gasteiger partial charge in [-0.05, 0) is 12.5 Å². The monoisotopic (exact) mass is 149 g/mol. The van der Waals surface area contributed by atoms with Crippen LogP contribution in [0.25, 0.3) is 0 Å². The smallest absolute Gasteiger partial charge is 0.116 e. The van der Waals surface area contributed by atoms with Crippen LogP contribution in [0.5, 0.6) is 0 Å². The molecule has 11 heavy (non-hydrogen) atoms. The van der Waals surface area contributed by atoms with Gasteiger partial charge in [-0.25, -0.2) is 0 Å². The van der Waals surface area contributed by atoms with E-state index in [1.165, 1.54) is 0 Å². The number of hydrogen-bond donors (Lipinski definition) is 2. The standard InChI is InChI=1S/C9H11NO/c1-7(10)9(11)8-5-3-2-4-6-8/h2-6,9-11H,1H3. The summed E-state index contributed by atoms with van der Waals surface area (Å²) in [5, 5.41) is 16.6. The third-order valence-corrected chi connectivity index (χ3v) is 1.53. The Morgan fingerprint density at radius 2 is 1.91 bits per heavy atom. The lowest BCUT2D eigenvalue weighted by atomic mass is 10.1. The second-order valence-electron chi connectivity index (χ2n) is 2.50. The molecule has 2 heteroatoms. The fourth-order valence-electron chi connectivity index (χ4n) is 0.885. The van der Waals surface area contributed by atoms with Crippen molar-refractivity contribution in [1.82, 2.24) is 0 Å². The molecule has 58 valence electrons. The first-order chi connectivity index (χ1) is 5.22. The van der Waals surface area contributed by atoms with E-state index in [0.29, 0.717) is 0 Å². The van der Waals surface area contributed by atoms with Crippen molar-refractivity contribution in [2.45, 2.75) is 13.0 Å². The molecule has 0 aliphatic rings. The first kappa shape index (κ1) is 7.95. The van der Waals surface area contributed by atoms with Crippen LogP contribution in [-0.4, -0.2) is 10.8 Å². The van der Waals surface area contributed by atoms with Gasteiger partial charge in [-0.3, -0.25) is 0 Å². The van der Waals surface area contributed by atoms with E-state index in [2.05, 4.69) is 0 Å². The van der Waals surface area contributed by atoms with Crippen LogP contribution < -0.4 is 0 Å². The summed E-state index contributed by atoms with van der Waals surface area (Å²) < 4.78 is 0. The van der Waals surface area contributed by atoms with E-state index in [9.17, 15) is 5.11 Å². The highest BCUT2D eigenvalue weighted by atomic mass is 16.3. The predicted molar refractivity (Wildman–Crippen MR) is 44.8 cm³/mol. The molecule has 1 atom stereocenters. The summed E-state index contributed by atoms with van der Waals surface area (Å²) in [6.45, 7) is 1.59. The van der Waals surface area contributed by atoms with E-state index < -0.39 is 6.10 Å². The molecule has 0 aromatic heterocycles. The summed E-state index contributed by atoms with van der Waals surface area (Å²) in [5.74, 6) is 0. The van der Waals surface area contributed by atoms with Gasteiger partial charge < -0.3 is 10.5 Å². The topological polar surface area (TPSA) is 44.1 Å². The van der Waals surface area contributed by atoms with Gasteiger partial charge in [-0.1, -0.05) is 30.3 Å². The van der Waals surface area contributed by atoms with Crippen molar-refractivity contribution in [3.63, 3.8) is 0 Å². The van der Waals surface area contributed by atoms with E-state index in [1.54, 1.807) is 6.92 Å². The van der Waals surface area contributed by atoms with E-state index in [1.807, 2.05) is 30.3 Å². The fraction of sp³-hybridized carbons (Fsp3) is 0.222. The highest BCUT2D eigenvalue weighted by Gasteiger charge is 2.07. The van der Waals surface area contributed by atoms with Crippen LogP contribution in [0, 0.1) is 5.41 Å². The second kappa shape index (κ2) is 3.30. The second-order valence-corrected chi connectivity index (χ2v) is 2.50. The van der Waals surface area contributed by atoms with Gasteiger partial charge in [0.2, 0.25) is 0 Å². The third-order valence-electron chi connectivity index (χ3n) is 1.53. The Morgan fingerprint density at radius 3 is 2.36 bits per heavy atom. The molecule has 0 bridgehead atoms. The SMILES string of the molecule is CC(=N)C(O)c1ccccc1. The number of hydrogen-bond acceptors (Lipinski definition) is 2. The molecule has 0 saturated carbocycles. The maximum Gasteiger partial charge on any atom is 0.116 e. The summed E-state index contributed by atoms with van der Waals surface area (Å²) in [5.41, 5.74) is 1.05. The van der Waals surface area contributed by atoms with Gasteiger partial charge in [0.05, 0.1) is 0 Å². The largest absolute Gasteiger partial charge is 0.382 e. The van der Waals surface area contributed by atoms with Crippen LogP contribution in [-0.2, 0) is 0 Å². The van der Waals surface area contributed by atoms with Gasteiger partial charge >= 0.3 is 0 Å². The van der Waals surface area contributed by atoms with Gasteiger partial charge in [0.1, 0.15) is 6.10 Å². The molecule has 0 spiro atoms. The molecule has 1 unspecified atom stereocenters. The number of rotatable bonds is 2. The molecule has 2 N–H and O–H groups in total. The summed E-state index contributed by atoms with van der Waals surface area (Å²) in [4.78, 5) is 0. The quantitative estimate of drug-likeness (QED) is 0.618. The summed E-state index contributed by atoms with van der Waals surface area (Å²) in [6.07, 6.45) is -0.740. The van der Waals surface area contributed by atoms with Crippen LogP contribution in [0.1, 0.15) is 18.6 Å². The van der Waals surface area contributed by atoms with Crippen molar-refractivity contribution < 1.29 is 5.11 Å². The molecule has 0 heterocycles. The maximum absolute atomic E-state index is 9.37. The van der Waals surface area contributed by atoms with Gasteiger partial charge in [0, 0.05) is 5.71 Å². The molecule has 2 nitrogen and oxygen atoms in total. The van der Waals surface area contributed by atoms with Crippen molar-refractivity contribution in [3.05, 3.63) is 35.9 Å². The number of aliphatic hydroxyl groups is 1. The van der Waals surface area contributed by atoms with Crippen LogP contribution in [0.3, 0.4) is 0 Å². The molecule has 0 amide bonds. The molecule has 1 aromatic rings. The molecule has 0 aliphatic carbocycles. The summed E-state index contributed by atoms with van der Waals surface area (Å²) in [6, 6.07) is 9.20. The molecule has 0 fully saturated rings. The molecule has 1 rings (SSSR count). The number of nitrogens with one attached hydrogen (secondary N) is 1. The van der Waals surface area contributed by atoms with Crippen LogP contribution in [0.4, 0.5) is 0 Å². The summed E-state index contributed by atoms with van der Waals surface area (Å²) >= 11 is 0. The van der Waals surface area contributed by atoms with Crippen molar-refractivity contribution in [2.24, 2.45) is 0 Å². The molecule has 0 aliphatic heterocycles. The Hall–Kier alpha value is -1.15. The molecular formula is C9H11NO. The van der Waals surface area contributed by atoms with Crippen LogP contribution in [0.15, 0.2) is 30.3 Å². The Morgan fingerprint density at radius 1 is 1.36 bits per heavy atom. The van der Waals surface area contributed by atoms with Crippen molar-refractivity contribution in [3.8, 4) is 0 Å². The van der Waals surface area contributed by atoms with Crippen molar-refractivity contribution >= 4 is 5.71 Å². The van der Waals surface area contributed by atoms with Crippen molar-refractivity contribution in [2.75, 3.05) is 0 Å². The first-order valence-corrected chi connectivity index (χ1v) is 3.50. The molecule has 0 saturated heterocycles. The zero-order valence-corrected chi connectivity index (χ0v) is 6.41. The Bertz CT molecular complexity index is 243. The predicted octanol–water partition coefficient (Wildman–Crippen LogP) is 1.76. The van der Waals surface area contributed by atoms with Crippen LogP contribution >= 0.6 is 0 Å². The normalized spacial score (nSPS) is 12.5. The lowest BCUT2D eigenvalue weighted by molar-refractivity contribution is 0.246. The lowest BCUT2D eigenvalue weighted by Crippen LogP contribution is -2.05. The highest BCUT2D eigenvalue weighted by molar-refractivity contribution is 5.84. The van der Waals surface area contributed by atoms with Gasteiger partial charge in [-0.2, -0.15) is 0 Å². The lowest BCUT2D eigenvalue weighted by Gasteiger charge is -2.07. The zero-order valence-electron chi connectivity index (χ0n) is 6.41. The fourth-order valence-corrected chi connectivity index (χ4v) is 0.885. The maximum atomic E-state index is 9.37. The summed E-state index contributed by atoms with van der Waals surface area (Å²) in [7, 11) is 0. The minimum Gasteiger partial charge on any atom is -0.382 e. The average Bonchev–Trinajstić information content (AvgIpc) is 2.05. The minimum atomic E-state index is -0.740. The molecular weight excluding hydrogens is 138 g/mol.